The lowest BCUT2D eigenvalue weighted by Crippen LogP contribution is -2.13. The number of primary sulfonamides is 1. The van der Waals surface area contributed by atoms with Gasteiger partial charge < -0.3 is 4.74 Å². The van der Waals surface area contributed by atoms with Crippen molar-refractivity contribution in [3.8, 4) is 22.6 Å². The van der Waals surface area contributed by atoms with Crippen molar-refractivity contribution in [1.82, 2.24) is 4.98 Å². The molecule has 1 aromatic heterocycles. The number of halogens is 2. The number of nitrogens with zero attached hydrogens (tertiary/aromatic N) is 1. The second-order valence-electron chi connectivity index (χ2n) is 5.08. The second kappa shape index (κ2) is 7.01. The van der Waals surface area contributed by atoms with E-state index in [1.54, 1.807) is 42.6 Å². The summed E-state index contributed by atoms with van der Waals surface area (Å²) in [6, 6.07) is 13.4. The number of benzene rings is 2. The first-order chi connectivity index (χ1) is 11.9. The number of para-hydroxylation sites is 1. The summed E-state index contributed by atoms with van der Waals surface area (Å²) < 4.78 is 29.6. The fraction of sp³-hybridized carbons (Fsp3) is 0. The van der Waals surface area contributed by atoms with Gasteiger partial charge in [-0.25, -0.2) is 13.6 Å². The molecule has 2 aromatic carbocycles. The van der Waals surface area contributed by atoms with E-state index in [1.165, 1.54) is 12.3 Å². The van der Waals surface area contributed by atoms with Gasteiger partial charge in [-0.3, -0.25) is 4.98 Å². The Bertz CT molecular complexity index is 1010. The summed E-state index contributed by atoms with van der Waals surface area (Å²) in [7, 11) is -4.09. The average Bonchev–Trinajstić information content (AvgIpc) is 2.58. The number of sulfonamides is 1. The van der Waals surface area contributed by atoms with Gasteiger partial charge in [-0.05, 0) is 18.2 Å². The van der Waals surface area contributed by atoms with Gasteiger partial charge in [0.15, 0.2) is 0 Å². The van der Waals surface area contributed by atoms with Crippen molar-refractivity contribution in [1.29, 1.82) is 0 Å². The molecule has 128 valence electrons. The molecule has 5 nitrogen and oxygen atoms in total. The number of aromatic nitrogens is 1. The molecule has 0 aliphatic carbocycles. The molecule has 2 N–H and O–H groups in total. The maximum Gasteiger partial charge on any atom is 0.239 e. The summed E-state index contributed by atoms with van der Waals surface area (Å²) in [6.07, 6.45) is 3.10. The highest BCUT2D eigenvalue weighted by molar-refractivity contribution is 7.89. The minimum atomic E-state index is -4.09. The molecule has 0 radical (unpaired) electrons. The lowest BCUT2D eigenvalue weighted by molar-refractivity contribution is 0.481. The summed E-state index contributed by atoms with van der Waals surface area (Å²) in [5.74, 6) is 0.615. The summed E-state index contributed by atoms with van der Waals surface area (Å²) in [5, 5.41) is 5.37. The Morgan fingerprint density at radius 1 is 1.00 bits per heavy atom. The first-order valence-corrected chi connectivity index (χ1v) is 9.36. The fourth-order valence-corrected chi connectivity index (χ4v) is 3.80. The molecule has 3 aromatic rings. The predicted molar refractivity (Wildman–Crippen MR) is 97.6 cm³/mol. The molecule has 25 heavy (non-hydrogen) atoms. The molecule has 0 fully saturated rings. The molecule has 0 atom stereocenters. The van der Waals surface area contributed by atoms with Crippen molar-refractivity contribution in [2.45, 2.75) is 4.90 Å². The van der Waals surface area contributed by atoms with Gasteiger partial charge in [0.2, 0.25) is 10.0 Å². The summed E-state index contributed by atoms with van der Waals surface area (Å²) in [6.45, 7) is 0. The van der Waals surface area contributed by atoms with E-state index in [0.29, 0.717) is 11.3 Å². The second-order valence-corrected chi connectivity index (χ2v) is 7.36. The highest BCUT2D eigenvalue weighted by atomic mass is 35.5. The van der Waals surface area contributed by atoms with Gasteiger partial charge in [-0.15, -0.1) is 0 Å². The van der Waals surface area contributed by atoms with E-state index >= 15 is 0 Å². The van der Waals surface area contributed by atoms with E-state index in [2.05, 4.69) is 4.98 Å². The number of hydrogen-bond donors (Lipinski definition) is 1. The number of pyridine rings is 1. The van der Waals surface area contributed by atoms with Gasteiger partial charge >= 0.3 is 0 Å². The van der Waals surface area contributed by atoms with Crippen LogP contribution in [0.25, 0.3) is 11.1 Å². The largest absolute Gasteiger partial charge is 0.456 e. The Morgan fingerprint density at radius 3 is 2.32 bits per heavy atom. The SMILES string of the molecule is NS(=O)(=O)c1cc(Oc2ccccc2)c(Cl)c(-c2cccnc2)c1Cl. The third kappa shape index (κ3) is 3.77. The molecule has 0 saturated carbocycles. The molecule has 0 unspecified atom stereocenters. The van der Waals surface area contributed by atoms with E-state index in [9.17, 15) is 8.42 Å². The Labute approximate surface area is 155 Å². The smallest absolute Gasteiger partial charge is 0.239 e. The molecule has 0 aliphatic heterocycles. The van der Waals surface area contributed by atoms with Gasteiger partial charge in [0.25, 0.3) is 0 Å². The number of hydrogen-bond acceptors (Lipinski definition) is 4. The van der Waals surface area contributed by atoms with Crippen LogP contribution in [-0.4, -0.2) is 13.4 Å². The maximum atomic E-state index is 11.9. The van der Waals surface area contributed by atoms with E-state index in [-0.39, 0.29) is 26.3 Å². The summed E-state index contributed by atoms with van der Waals surface area (Å²) in [4.78, 5) is 3.74. The Balaban J connectivity index is 2.26. The lowest BCUT2D eigenvalue weighted by Gasteiger charge is -2.15. The lowest BCUT2D eigenvalue weighted by atomic mass is 10.1. The van der Waals surface area contributed by atoms with Crippen molar-refractivity contribution in [2.75, 3.05) is 0 Å². The van der Waals surface area contributed by atoms with Gasteiger partial charge in [-0.2, -0.15) is 0 Å². The van der Waals surface area contributed by atoms with Crippen LogP contribution in [-0.2, 0) is 10.0 Å². The van der Waals surface area contributed by atoms with Crippen molar-refractivity contribution in [2.24, 2.45) is 5.14 Å². The van der Waals surface area contributed by atoms with E-state index < -0.39 is 10.0 Å². The van der Waals surface area contributed by atoms with Crippen molar-refractivity contribution in [3.63, 3.8) is 0 Å². The Morgan fingerprint density at radius 2 is 1.72 bits per heavy atom. The van der Waals surface area contributed by atoms with E-state index in [0.717, 1.165) is 0 Å². The first-order valence-electron chi connectivity index (χ1n) is 7.06. The first kappa shape index (κ1) is 17.7. The minimum Gasteiger partial charge on any atom is -0.456 e. The fourth-order valence-electron chi connectivity index (χ4n) is 2.25. The summed E-state index contributed by atoms with van der Waals surface area (Å²) in [5.41, 5.74) is 0.829. The highest BCUT2D eigenvalue weighted by Crippen LogP contribution is 2.45. The van der Waals surface area contributed by atoms with E-state index in [4.69, 9.17) is 33.1 Å². The van der Waals surface area contributed by atoms with Crippen LogP contribution in [0.2, 0.25) is 10.0 Å². The van der Waals surface area contributed by atoms with Crippen LogP contribution in [0, 0.1) is 0 Å². The van der Waals surface area contributed by atoms with Crippen LogP contribution >= 0.6 is 23.2 Å². The zero-order valence-electron chi connectivity index (χ0n) is 12.7. The van der Waals surface area contributed by atoms with Crippen LogP contribution in [0.15, 0.2) is 65.8 Å². The normalized spacial score (nSPS) is 11.3. The molecule has 3 rings (SSSR count). The van der Waals surface area contributed by atoms with Gasteiger partial charge in [-0.1, -0.05) is 47.5 Å². The van der Waals surface area contributed by atoms with Gasteiger partial charge in [0.1, 0.15) is 16.4 Å². The molecule has 0 saturated heterocycles. The molecule has 0 spiro atoms. The topological polar surface area (TPSA) is 82.3 Å². The van der Waals surface area contributed by atoms with Crippen LogP contribution in [0.4, 0.5) is 0 Å². The van der Waals surface area contributed by atoms with E-state index in [1.807, 2.05) is 6.07 Å². The van der Waals surface area contributed by atoms with Crippen LogP contribution < -0.4 is 9.88 Å². The molecule has 0 aliphatic rings. The van der Waals surface area contributed by atoms with Gasteiger partial charge in [0.05, 0.1) is 10.0 Å². The number of nitrogens with two attached hydrogens (primary N) is 1. The van der Waals surface area contributed by atoms with Crippen molar-refractivity contribution < 1.29 is 13.2 Å². The third-order valence-corrected chi connectivity index (χ3v) is 5.18. The van der Waals surface area contributed by atoms with Gasteiger partial charge in [0, 0.05) is 29.6 Å². The van der Waals surface area contributed by atoms with Crippen LogP contribution in [0.3, 0.4) is 0 Å². The predicted octanol–water partition coefficient (Wildman–Crippen LogP) is 4.50. The Hall–Kier alpha value is -2.12. The number of rotatable bonds is 4. The maximum absolute atomic E-state index is 11.9. The molecule has 0 bridgehead atoms. The van der Waals surface area contributed by atoms with Crippen molar-refractivity contribution in [3.05, 3.63) is 71.0 Å². The highest BCUT2D eigenvalue weighted by Gasteiger charge is 2.24. The molecular weight excluding hydrogens is 383 g/mol. The quantitative estimate of drug-likeness (QED) is 0.706. The van der Waals surface area contributed by atoms with Crippen LogP contribution in [0.1, 0.15) is 0 Å². The monoisotopic (exact) mass is 394 g/mol. The standard InChI is InChI=1S/C17H12Cl2N2O3S/c18-16-13(24-12-6-2-1-3-7-12)9-14(25(20,22)23)17(19)15(16)11-5-4-8-21-10-11/h1-10H,(H2,20,22,23). The third-order valence-electron chi connectivity index (χ3n) is 3.36. The minimum absolute atomic E-state index is 0.0825. The molecular formula is C17H12Cl2N2O3S. The molecule has 8 heteroatoms. The zero-order valence-corrected chi connectivity index (χ0v) is 15.0. The van der Waals surface area contributed by atoms with Crippen molar-refractivity contribution >= 4 is 33.2 Å². The average molecular weight is 395 g/mol. The zero-order chi connectivity index (χ0) is 18.0. The summed E-state index contributed by atoms with van der Waals surface area (Å²) >= 11 is 12.7. The Kier molecular flexibility index (Phi) is 4.96. The molecule has 0 amide bonds. The van der Waals surface area contributed by atoms with Crippen LogP contribution in [0.5, 0.6) is 11.5 Å². The number of ether oxygens (including phenoxy) is 1. The molecule has 1 heterocycles.